The number of benzene rings is 4. The van der Waals surface area contributed by atoms with Crippen molar-refractivity contribution in [3.05, 3.63) is 138 Å². The molecule has 0 spiro atoms. The van der Waals surface area contributed by atoms with Crippen molar-refractivity contribution in [2.75, 3.05) is 13.2 Å². The fraction of sp³-hybridized carbons (Fsp3) is 0.371. The van der Waals surface area contributed by atoms with Crippen LogP contribution >= 0.6 is 0 Å². The van der Waals surface area contributed by atoms with E-state index in [4.69, 9.17) is 34.4 Å². The number of aliphatic hydroxyl groups excluding tert-OH is 1. The molecule has 25 N–H and O–H groups in total. The Kier molecular flexibility index (Phi) is 28.7. The number of hydrogen-bond acceptors (Lipinski definition) is 16. The maximum absolute atomic E-state index is 14.4. The highest BCUT2D eigenvalue weighted by molar-refractivity contribution is 6.00. The number of aromatic nitrogens is 1. The first kappa shape index (κ1) is 73.6. The summed E-state index contributed by atoms with van der Waals surface area (Å²) in [6.45, 7) is 2.42. The van der Waals surface area contributed by atoms with Crippen molar-refractivity contribution in [2.24, 2.45) is 45.3 Å². The summed E-state index contributed by atoms with van der Waals surface area (Å²) >= 11 is 0. The van der Waals surface area contributed by atoms with Gasteiger partial charge in [0.05, 0.1) is 25.5 Å². The fourth-order valence-electron chi connectivity index (χ4n) is 9.64. The minimum absolute atomic E-state index is 0.00144. The summed E-state index contributed by atoms with van der Waals surface area (Å²) in [5, 5.41) is 40.4. The Hall–Kier alpha value is -11.2. The predicted molar refractivity (Wildman–Crippen MR) is 342 cm³/mol. The number of para-hydroxylation sites is 1. The van der Waals surface area contributed by atoms with E-state index in [2.05, 4.69) is 63.4 Å². The maximum Gasteiger partial charge on any atom is 0.334 e. The van der Waals surface area contributed by atoms with Gasteiger partial charge in [-0.15, -0.1) is 0 Å². The standard InChI is InChI=1S/C62H82N18O14/c1-33(2)24-44(55(88)71-42(18-11-23-69-61(67)68)54(87)72-43(52(66)85)26-34-12-5-3-6-13-34)78-62(94)80-79-60(93)45(27-35-14-7-4-8-15-35)74-59(92)49(32-81)77-58(91)48(30-51(65)84)76-56(89)46(28-37-31-70-41-17-10-9-16-39(37)41)75-57(90)47(29-50(64)83)73-53(86)40(63)25-36-19-21-38(82)22-20-36/h3-10,12-17,19-22,31,33,40,42-49,70,81-82H,11,18,23-30,32,63H2,1-2H3,(H2,64,83)(H2,65,84)(H2,66,85)(H,71,88)(H,72,87)(H,73,86)(H,74,92)(H,75,90)(H,76,89)(H,77,91)(H,79,93)(H4,67,68,69)(H2,78,80,94)/t40-,42+,43+,44+,45+,46-,47+,48+,49+/m1/s1. The highest BCUT2D eigenvalue weighted by Crippen LogP contribution is 2.20. The molecule has 32 heteroatoms. The number of fused-ring (bicyclic) bond motifs is 1. The van der Waals surface area contributed by atoms with E-state index in [1.54, 1.807) is 105 Å². The zero-order valence-electron chi connectivity index (χ0n) is 51.7. The molecule has 0 radical (unpaired) electrons. The van der Waals surface area contributed by atoms with E-state index in [0.29, 0.717) is 33.2 Å². The topological polar surface area (TPSA) is 550 Å². The van der Waals surface area contributed by atoms with E-state index < -0.39 is 145 Å². The molecular weight excluding hydrogens is 1220 g/mol. The number of amides is 13. The highest BCUT2D eigenvalue weighted by Gasteiger charge is 2.36. The molecule has 1 aromatic heterocycles. The molecule has 504 valence electrons. The molecule has 0 fully saturated rings. The Morgan fingerprint density at radius 2 is 0.936 bits per heavy atom. The first-order valence-corrected chi connectivity index (χ1v) is 29.9. The van der Waals surface area contributed by atoms with Crippen LogP contribution in [0.1, 0.15) is 68.2 Å². The number of nitrogens with zero attached hydrogens (tertiary/aromatic N) is 1. The zero-order valence-corrected chi connectivity index (χ0v) is 51.7. The Morgan fingerprint density at radius 3 is 1.49 bits per heavy atom. The lowest BCUT2D eigenvalue weighted by molar-refractivity contribution is -0.136. The van der Waals surface area contributed by atoms with Gasteiger partial charge in [-0.05, 0) is 72.1 Å². The third-order valence-corrected chi connectivity index (χ3v) is 14.4. The lowest BCUT2D eigenvalue weighted by Gasteiger charge is -2.27. The van der Waals surface area contributed by atoms with Crippen LogP contribution in [0.5, 0.6) is 5.75 Å². The van der Waals surface area contributed by atoms with E-state index in [1.165, 1.54) is 24.3 Å². The number of aromatic hydroxyl groups is 1. The normalized spacial score (nSPS) is 13.8. The van der Waals surface area contributed by atoms with Gasteiger partial charge in [0, 0.05) is 42.9 Å². The van der Waals surface area contributed by atoms with Crippen LogP contribution in [0, 0.1) is 5.92 Å². The van der Waals surface area contributed by atoms with Gasteiger partial charge in [-0.25, -0.2) is 10.2 Å². The number of phenols is 1. The van der Waals surface area contributed by atoms with Crippen molar-refractivity contribution < 1.29 is 67.7 Å². The minimum Gasteiger partial charge on any atom is -0.508 e. The molecule has 0 saturated heterocycles. The van der Waals surface area contributed by atoms with Crippen molar-refractivity contribution in [1.82, 2.24) is 58.4 Å². The monoisotopic (exact) mass is 1300 g/mol. The second-order valence-corrected chi connectivity index (χ2v) is 22.5. The lowest BCUT2D eigenvalue weighted by atomic mass is 10.0. The van der Waals surface area contributed by atoms with E-state index >= 15 is 0 Å². The molecule has 4 aromatic carbocycles. The maximum atomic E-state index is 14.4. The number of hydrogen-bond donors (Lipinski definition) is 19. The number of guanidine groups is 1. The molecule has 0 aliphatic carbocycles. The second kappa shape index (κ2) is 36.6. The largest absolute Gasteiger partial charge is 0.508 e. The van der Waals surface area contributed by atoms with Gasteiger partial charge >= 0.3 is 6.03 Å². The van der Waals surface area contributed by atoms with Gasteiger partial charge in [-0.3, -0.25) is 63.2 Å². The van der Waals surface area contributed by atoms with Crippen molar-refractivity contribution in [3.8, 4) is 5.75 Å². The lowest BCUT2D eigenvalue weighted by Crippen LogP contribution is -2.62. The summed E-state index contributed by atoms with van der Waals surface area (Å²) in [7, 11) is 0. The highest BCUT2D eigenvalue weighted by atomic mass is 16.3. The van der Waals surface area contributed by atoms with Gasteiger partial charge in [0.25, 0.3) is 5.91 Å². The van der Waals surface area contributed by atoms with Gasteiger partial charge in [-0.1, -0.05) is 105 Å². The average Bonchev–Trinajstić information content (AvgIpc) is 1.69. The number of aliphatic hydroxyl groups is 1. The summed E-state index contributed by atoms with van der Waals surface area (Å²) in [6.07, 6.45) is -0.597. The molecule has 0 bridgehead atoms. The van der Waals surface area contributed by atoms with Gasteiger partial charge in [-0.2, -0.15) is 0 Å². The molecule has 0 aliphatic rings. The smallest absolute Gasteiger partial charge is 0.334 e. The number of urea groups is 1. The van der Waals surface area contributed by atoms with Gasteiger partial charge in [0.15, 0.2) is 5.96 Å². The third kappa shape index (κ3) is 24.6. The van der Waals surface area contributed by atoms with E-state index in [-0.39, 0.29) is 69.1 Å². The molecule has 0 unspecified atom stereocenters. The number of nitrogens with one attached hydrogen (secondary N) is 11. The first-order chi connectivity index (χ1) is 44.7. The second-order valence-electron chi connectivity index (χ2n) is 22.5. The summed E-state index contributed by atoms with van der Waals surface area (Å²) in [5.41, 5.74) is 40.9. The molecule has 13 amide bonds. The summed E-state index contributed by atoms with van der Waals surface area (Å²) < 4.78 is 0. The summed E-state index contributed by atoms with van der Waals surface area (Å²) in [5.74, 6) is -11.8. The quantitative estimate of drug-likeness (QED) is 0.00784. The Balaban J connectivity index is 1.30. The molecule has 9 atom stereocenters. The predicted octanol–water partition coefficient (Wildman–Crippen LogP) is -4.11. The van der Waals surface area contributed by atoms with Crippen molar-refractivity contribution in [2.45, 2.75) is 126 Å². The molecule has 1 heterocycles. The van der Waals surface area contributed by atoms with Crippen molar-refractivity contribution >= 4 is 87.9 Å². The SMILES string of the molecule is CC(C)C[C@H](NC(=O)NNC(=O)[C@H](Cc1ccccc1)NC(=O)[C@H](CO)NC(=O)[C@H](CC(N)=O)NC(=O)[C@@H](Cc1c[nH]c2ccccc12)NC(=O)[C@H](CC(N)=O)NC(=O)[C@H](N)Cc1ccc(O)cc1)C(=O)N[C@@H](CCCN=C(N)N)C(=O)N[C@@H](Cc1ccccc1)C(N)=O. The van der Waals surface area contributed by atoms with Crippen LogP contribution in [0.3, 0.4) is 0 Å². The van der Waals surface area contributed by atoms with Crippen LogP contribution in [-0.4, -0.2) is 160 Å². The fourth-order valence-corrected chi connectivity index (χ4v) is 9.64. The van der Waals surface area contributed by atoms with Crippen LogP contribution in [0.25, 0.3) is 10.9 Å². The summed E-state index contributed by atoms with van der Waals surface area (Å²) in [4.78, 5) is 170. The Labute approximate surface area is 540 Å². The van der Waals surface area contributed by atoms with E-state index in [9.17, 15) is 67.7 Å². The molecule has 5 aromatic rings. The Bertz CT molecular complexity index is 3480. The van der Waals surface area contributed by atoms with Crippen LogP contribution in [-0.2, 0) is 78.4 Å². The van der Waals surface area contributed by atoms with E-state index in [1.807, 2.05) is 0 Å². The molecule has 0 aliphatic heterocycles. The first-order valence-electron chi connectivity index (χ1n) is 29.9. The molecule has 32 nitrogen and oxygen atoms in total. The zero-order chi connectivity index (χ0) is 69.0. The average molecular weight is 1300 g/mol. The number of hydrazine groups is 1. The van der Waals surface area contributed by atoms with Crippen LogP contribution in [0.2, 0.25) is 0 Å². The number of rotatable bonds is 36. The van der Waals surface area contributed by atoms with Crippen LogP contribution < -0.4 is 87.8 Å². The van der Waals surface area contributed by atoms with Crippen LogP contribution in [0.4, 0.5) is 4.79 Å². The van der Waals surface area contributed by atoms with Crippen molar-refractivity contribution in [3.63, 3.8) is 0 Å². The number of aromatic amines is 1. The molecule has 0 saturated carbocycles. The van der Waals surface area contributed by atoms with Crippen molar-refractivity contribution in [1.29, 1.82) is 0 Å². The molecule has 94 heavy (non-hydrogen) atoms. The Morgan fingerprint density at radius 1 is 0.479 bits per heavy atom. The molecular formula is C62H82N18O14. The minimum atomic E-state index is -1.92. The number of primary amides is 3. The number of H-pyrrole nitrogens is 1. The third-order valence-electron chi connectivity index (χ3n) is 14.4. The number of phenolic OH excluding ortho intramolecular Hbond substituents is 1. The summed E-state index contributed by atoms with van der Waals surface area (Å²) in [6, 6.07) is 14.5. The van der Waals surface area contributed by atoms with Gasteiger partial charge in [0.1, 0.15) is 54.1 Å². The van der Waals surface area contributed by atoms with Gasteiger partial charge in [0.2, 0.25) is 59.1 Å². The number of aliphatic imine (C=N–C) groups is 1. The number of nitrogens with two attached hydrogens (primary N) is 6. The molecule has 5 rings (SSSR count). The van der Waals surface area contributed by atoms with E-state index in [0.717, 1.165) is 0 Å². The number of carbonyl (C=O) groups excluding carboxylic acids is 12. The van der Waals surface area contributed by atoms with Gasteiger partial charge < -0.3 is 92.1 Å². The van der Waals surface area contributed by atoms with Crippen LogP contribution in [0.15, 0.2) is 120 Å². The number of carbonyl (C=O) groups is 12.